The minimum Gasteiger partial charge on any atom is -0.280 e. The number of fused-ring (bicyclic) bond motifs is 1. The van der Waals surface area contributed by atoms with Crippen molar-refractivity contribution in [3.63, 3.8) is 0 Å². The van der Waals surface area contributed by atoms with Gasteiger partial charge in [0.1, 0.15) is 5.69 Å². The van der Waals surface area contributed by atoms with Crippen molar-refractivity contribution < 1.29 is 26.3 Å². The fourth-order valence-electron chi connectivity index (χ4n) is 1.92. The molecule has 2 rings (SSSR count). The molecule has 5 nitrogen and oxygen atoms in total. The molecule has 0 spiro atoms. The van der Waals surface area contributed by atoms with E-state index in [9.17, 15) is 35.9 Å². The number of hydrogen-bond acceptors (Lipinski definition) is 3. The molecule has 0 N–H and O–H groups in total. The van der Waals surface area contributed by atoms with Gasteiger partial charge in [0.2, 0.25) is 0 Å². The van der Waals surface area contributed by atoms with Gasteiger partial charge in [-0.2, -0.15) is 26.3 Å². The molecule has 0 atom stereocenters. The van der Waals surface area contributed by atoms with Crippen LogP contribution in [0.25, 0.3) is 11.0 Å². The van der Waals surface area contributed by atoms with Crippen LogP contribution < -0.4 is 11.2 Å². The van der Waals surface area contributed by atoms with Crippen LogP contribution >= 0.6 is 0 Å². The van der Waals surface area contributed by atoms with Gasteiger partial charge in [-0.15, -0.1) is 0 Å². The first-order chi connectivity index (χ1) is 9.85. The number of pyridine rings is 1. The maximum absolute atomic E-state index is 13.0. The largest absolute Gasteiger partial charge is 0.433 e. The average Bonchev–Trinajstić information content (AvgIpc) is 2.39. The van der Waals surface area contributed by atoms with Crippen molar-refractivity contribution in [2.75, 3.05) is 0 Å². The van der Waals surface area contributed by atoms with Crippen LogP contribution in [0.2, 0.25) is 0 Å². The molecule has 22 heavy (non-hydrogen) atoms. The van der Waals surface area contributed by atoms with Crippen LogP contribution in [-0.4, -0.2) is 14.1 Å². The maximum Gasteiger partial charge on any atom is 0.433 e. The van der Waals surface area contributed by atoms with Crippen LogP contribution in [0, 0.1) is 0 Å². The van der Waals surface area contributed by atoms with Gasteiger partial charge >= 0.3 is 18.0 Å². The number of rotatable bonds is 0. The maximum atomic E-state index is 13.0. The van der Waals surface area contributed by atoms with Gasteiger partial charge in [-0.25, -0.2) is 9.78 Å². The van der Waals surface area contributed by atoms with E-state index in [1.54, 1.807) is 0 Å². The summed E-state index contributed by atoms with van der Waals surface area (Å²) >= 11 is 0. The Morgan fingerprint density at radius 2 is 1.50 bits per heavy atom. The van der Waals surface area contributed by atoms with Gasteiger partial charge in [-0.1, -0.05) is 0 Å². The first-order valence-corrected chi connectivity index (χ1v) is 5.61. The van der Waals surface area contributed by atoms with Crippen molar-refractivity contribution in [3.8, 4) is 0 Å². The van der Waals surface area contributed by atoms with Gasteiger partial charge in [0.05, 0.1) is 10.9 Å². The van der Waals surface area contributed by atoms with Crippen molar-refractivity contribution in [1.82, 2.24) is 14.1 Å². The highest BCUT2D eigenvalue weighted by Crippen LogP contribution is 2.37. The Bertz CT molecular complexity index is 875. The lowest BCUT2D eigenvalue weighted by Crippen LogP contribution is -2.38. The van der Waals surface area contributed by atoms with Crippen LogP contribution in [0.15, 0.2) is 15.7 Å². The van der Waals surface area contributed by atoms with Gasteiger partial charge in [0.15, 0.2) is 5.65 Å². The zero-order valence-electron chi connectivity index (χ0n) is 11.0. The quantitative estimate of drug-likeness (QED) is 0.692. The molecule has 0 saturated heterocycles. The molecular weight excluding hydrogens is 320 g/mol. The topological polar surface area (TPSA) is 56.9 Å². The minimum atomic E-state index is -5.22. The average molecular weight is 327 g/mol. The molecule has 0 saturated carbocycles. The molecule has 0 aliphatic carbocycles. The summed E-state index contributed by atoms with van der Waals surface area (Å²) in [5, 5.41) is -1.09. The van der Waals surface area contributed by atoms with Crippen LogP contribution in [-0.2, 0) is 26.4 Å². The second kappa shape index (κ2) is 4.58. The van der Waals surface area contributed by atoms with E-state index in [1.807, 2.05) is 0 Å². The van der Waals surface area contributed by atoms with Crippen molar-refractivity contribution in [3.05, 3.63) is 38.2 Å². The lowest BCUT2D eigenvalue weighted by molar-refractivity contribution is -0.144. The summed E-state index contributed by atoms with van der Waals surface area (Å²) in [7, 11) is 1.85. The Morgan fingerprint density at radius 3 is 1.95 bits per heavy atom. The van der Waals surface area contributed by atoms with E-state index in [2.05, 4.69) is 4.98 Å². The Labute approximate surface area is 117 Å². The Kier molecular flexibility index (Phi) is 3.34. The van der Waals surface area contributed by atoms with Gasteiger partial charge in [0.25, 0.3) is 5.56 Å². The summed E-state index contributed by atoms with van der Waals surface area (Å²) < 4.78 is 77.9. The third-order valence-electron chi connectivity index (χ3n) is 3.01. The first kappa shape index (κ1) is 16.0. The number of hydrogen-bond donors (Lipinski definition) is 0. The van der Waals surface area contributed by atoms with Crippen molar-refractivity contribution >= 4 is 11.0 Å². The molecule has 0 aliphatic rings. The molecule has 0 fully saturated rings. The van der Waals surface area contributed by atoms with Gasteiger partial charge < -0.3 is 0 Å². The SMILES string of the molecule is Cn1c(=O)c2c(C(F)(F)F)cc(C(F)(F)F)nc2n(C)c1=O. The summed E-state index contributed by atoms with van der Waals surface area (Å²) in [6.07, 6.45) is -10.4. The number of halogens is 6. The van der Waals surface area contributed by atoms with Gasteiger partial charge in [-0.05, 0) is 6.07 Å². The number of alkyl halides is 6. The molecule has 0 aromatic carbocycles. The molecule has 120 valence electrons. The molecule has 0 unspecified atom stereocenters. The van der Waals surface area contributed by atoms with Crippen LogP contribution in [0.3, 0.4) is 0 Å². The summed E-state index contributed by atoms with van der Waals surface area (Å²) in [5.41, 5.74) is -7.06. The molecule has 2 aromatic heterocycles. The van der Waals surface area contributed by atoms with E-state index < -0.39 is 45.9 Å². The minimum absolute atomic E-state index is 0.242. The molecule has 11 heteroatoms. The Balaban J connectivity index is 3.16. The highest BCUT2D eigenvalue weighted by molar-refractivity contribution is 5.79. The summed E-state index contributed by atoms with van der Waals surface area (Å²) in [6, 6.07) is -0.242. The zero-order chi connectivity index (χ0) is 17.0. The monoisotopic (exact) mass is 327 g/mol. The third-order valence-corrected chi connectivity index (χ3v) is 3.01. The van der Waals surface area contributed by atoms with Gasteiger partial charge in [-0.3, -0.25) is 13.9 Å². The van der Waals surface area contributed by atoms with Crippen molar-refractivity contribution in [1.29, 1.82) is 0 Å². The standard InChI is InChI=1S/C11H7F6N3O2/c1-19-7-6(8(21)20(2)9(19)22)4(10(12,13)14)3-5(18-7)11(15,16)17/h3H,1-2H3. The van der Waals surface area contributed by atoms with E-state index in [4.69, 9.17) is 0 Å². The molecule has 0 radical (unpaired) electrons. The van der Waals surface area contributed by atoms with Gasteiger partial charge in [0, 0.05) is 14.1 Å². The summed E-state index contributed by atoms with van der Waals surface area (Å²) in [4.78, 5) is 26.5. The molecule has 0 amide bonds. The number of aromatic nitrogens is 3. The number of nitrogens with zero attached hydrogens (tertiary/aromatic N) is 3. The summed E-state index contributed by atoms with van der Waals surface area (Å²) in [6.45, 7) is 0. The lowest BCUT2D eigenvalue weighted by atomic mass is 10.1. The highest BCUT2D eigenvalue weighted by Gasteiger charge is 2.40. The fraction of sp³-hybridized carbons (Fsp3) is 0.364. The smallest absolute Gasteiger partial charge is 0.280 e. The first-order valence-electron chi connectivity index (χ1n) is 5.61. The number of aryl methyl sites for hydroxylation is 1. The van der Waals surface area contributed by atoms with Crippen LogP contribution in [0.1, 0.15) is 11.3 Å². The van der Waals surface area contributed by atoms with Crippen LogP contribution in [0.4, 0.5) is 26.3 Å². The second-order valence-corrected chi connectivity index (χ2v) is 4.45. The van der Waals surface area contributed by atoms with E-state index in [1.165, 1.54) is 0 Å². The Morgan fingerprint density at radius 1 is 0.955 bits per heavy atom. The second-order valence-electron chi connectivity index (χ2n) is 4.45. The zero-order valence-corrected chi connectivity index (χ0v) is 11.0. The lowest BCUT2D eigenvalue weighted by Gasteiger charge is -2.15. The van der Waals surface area contributed by atoms with E-state index in [0.717, 1.165) is 14.1 Å². The predicted octanol–water partition coefficient (Wildman–Crippen LogP) is 1.67. The van der Waals surface area contributed by atoms with Crippen LogP contribution in [0.5, 0.6) is 0 Å². The van der Waals surface area contributed by atoms with E-state index in [0.29, 0.717) is 9.13 Å². The molecule has 2 heterocycles. The molecular formula is C11H7F6N3O2. The molecule has 2 aromatic rings. The predicted molar refractivity (Wildman–Crippen MR) is 62.2 cm³/mol. The van der Waals surface area contributed by atoms with E-state index in [-0.39, 0.29) is 6.07 Å². The normalized spacial score (nSPS) is 12.9. The van der Waals surface area contributed by atoms with Crippen molar-refractivity contribution in [2.24, 2.45) is 14.1 Å². The Hall–Kier alpha value is -2.33. The molecule has 0 aliphatic heterocycles. The highest BCUT2D eigenvalue weighted by atomic mass is 19.4. The fourth-order valence-corrected chi connectivity index (χ4v) is 1.92. The molecule has 0 bridgehead atoms. The summed E-state index contributed by atoms with van der Waals surface area (Å²) in [5.74, 6) is 0. The van der Waals surface area contributed by atoms with Crippen molar-refractivity contribution in [2.45, 2.75) is 12.4 Å². The third kappa shape index (κ3) is 2.35. The van der Waals surface area contributed by atoms with E-state index >= 15 is 0 Å².